The van der Waals surface area contributed by atoms with Gasteiger partial charge in [-0.25, -0.2) is 9.98 Å². The molecule has 31 heavy (non-hydrogen) atoms. The lowest BCUT2D eigenvalue weighted by atomic mass is 10.2. The van der Waals surface area contributed by atoms with Crippen molar-refractivity contribution in [2.45, 2.75) is 6.54 Å². The van der Waals surface area contributed by atoms with Gasteiger partial charge in [-0.15, -0.1) is 0 Å². The highest BCUT2D eigenvalue weighted by Crippen LogP contribution is 2.36. The summed E-state index contributed by atoms with van der Waals surface area (Å²) in [5.74, 6) is 0.579. The molecule has 1 aliphatic heterocycles. The molecule has 5 nitrogen and oxygen atoms in total. The number of carbonyl (C=O) groups excluding carboxylic acids is 1. The summed E-state index contributed by atoms with van der Waals surface area (Å²) in [6, 6.07) is 24.9. The van der Waals surface area contributed by atoms with Crippen LogP contribution in [0.5, 0.6) is 0 Å². The Morgan fingerprint density at radius 1 is 1.00 bits per heavy atom. The van der Waals surface area contributed by atoms with E-state index in [1.807, 2.05) is 84.9 Å². The SMILES string of the molecule is O=C1/C(=C\c2ccccc2Cl)SC(=Nc2ccccc2)N1Cc1nc2ccccc2[nH]1. The molecule has 152 valence electrons. The van der Waals surface area contributed by atoms with Gasteiger partial charge in [-0.05, 0) is 53.7 Å². The second-order valence-corrected chi connectivity index (χ2v) is 8.37. The number of H-pyrrole nitrogens is 1. The summed E-state index contributed by atoms with van der Waals surface area (Å²) >= 11 is 7.64. The predicted octanol–water partition coefficient (Wildman–Crippen LogP) is 6.02. The molecule has 5 rings (SSSR count). The molecule has 1 N–H and O–H groups in total. The zero-order valence-electron chi connectivity index (χ0n) is 16.3. The molecule has 2 heterocycles. The molecule has 0 bridgehead atoms. The van der Waals surface area contributed by atoms with Gasteiger partial charge in [0, 0.05) is 5.02 Å². The fourth-order valence-corrected chi connectivity index (χ4v) is 4.49. The summed E-state index contributed by atoms with van der Waals surface area (Å²) in [5, 5.41) is 1.20. The first-order chi connectivity index (χ1) is 15.2. The van der Waals surface area contributed by atoms with Crippen LogP contribution in [0.15, 0.2) is 88.8 Å². The Balaban J connectivity index is 1.53. The van der Waals surface area contributed by atoms with Crippen molar-refractivity contribution in [3.63, 3.8) is 0 Å². The normalized spacial score (nSPS) is 16.7. The number of para-hydroxylation sites is 3. The zero-order valence-corrected chi connectivity index (χ0v) is 17.9. The number of thioether (sulfide) groups is 1. The third-order valence-electron chi connectivity index (χ3n) is 4.81. The number of amides is 1. The van der Waals surface area contributed by atoms with Crippen molar-refractivity contribution in [3.8, 4) is 0 Å². The van der Waals surface area contributed by atoms with Crippen LogP contribution < -0.4 is 0 Å². The van der Waals surface area contributed by atoms with E-state index in [9.17, 15) is 4.79 Å². The number of hydrogen-bond acceptors (Lipinski definition) is 4. The van der Waals surface area contributed by atoms with Gasteiger partial charge in [-0.1, -0.05) is 60.1 Å². The molecular formula is C24H17ClN4OS. The molecule has 3 aromatic carbocycles. The van der Waals surface area contributed by atoms with Gasteiger partial charge >= 0.3 is 0 Å². The number of fused-ring (bicyclic) bond motifs is 1. The number of amidine groups is 1. The van der Waals surface area contributed by atoms with E-state index in [4.69, 9.17) is 16.6 Å². The number of nitrogens with zero attached hydrogens (tertiary/aromatic N) is 3. The number of carbonyl (C=O) groups is 1. The molecular weight excluding hydrogens is 428 g/mol. The average Bonchev–Trinajstić information content (AvgIpc) is 3.32. The number of imidazole rings is 1. The van der Waals surface area contributed by atoms with Gasteiger partial charge in [0.2, 0.25) is 0 Å². The highest BCUT2D eigenvalue weighted by atomic mass is 35.5. The number of benzene rings is 3. The molecule has 0 aliphatic carbocycles. The molecule has 0 spiro atoms. The summed E-state index contributed by atoms with van der Waals surface area (Å²) < 4.78 is 0. The van der Waals surface area contributed by atoms with Crippen molar-refractivity contribution in [1.82, 2.24) is 14.9 Å². The van der Waals surface area contributed by atoms with Gasteiger partial charge in [-0.2, -0.15) is 0 Å². The number of halogens is 1. The van der Waals surface area contributed by atoms with Gasteiger partial charge in [0.05, 0.1) is 28.2 Å². The first kappa shape index (κ1) is 19.6. The molecule has 1 aromatic heterocycles. The number of aliphatic imine (C=N–C) groups is 1. The lowest BCUT2D eigenvalue weighted by Crippen LogP contribution is -2.29. The minimum absolute atomic E-state index is 0.125. The zero-order chi connectivity index (χ0) is 21.2. The topological polar surface area (TPSA) is 61.4 Å². The lowest BCUT2D eigenvalue weighted by molar-refractivity contribution is -0.122. The van der Waals surface area contributed by atoms with Crippen molar-refractivity contribution in [2.75, 3.05) is 0 Å². The Morgan fingerprint density at radius 3 is 2.55 bits per heavy atom. The highest BCUT2D eigenvalue weighted by Gasteiger charge is 2.34. The second-order valence-electron chi connectivity index (χ2n) is 6.95. The standard InChI is InChI=1S/C24H17ClN4OS/c25-18-11-5-4-8-16(18)14-21-23(30)29(24(31-21)26-17-9-2-1-3-10-17)15-22-27-19-12-6-7-13-20(19)28-22/h1-14H,15H2,(H,27,28)/b21-14+,26-24?. The van der Waals surface area contributed by atoms with Gasteiger partial charge in [-0.3, -0.25) is 9.69 Å². The maximum Gasteiger partial charge on any atom is 0.267 e. The van der Waals surface area contributed by atoms with Crippen LogP contribution in [-0.4, -0.2) is 25.9 Å². The number of aromatic amines is 1. The molecule has 0 radical (unpaired) electrons. The second kappa shape index (κ2) is 8.41. The third kappa shape index (κ3) is 4.13. The van der Waals surface area contributed by atoms with E-state index >= 15 is 0 Å². The summed E-state index contributed by atoms with van der Waals surface area (Å²) in [5.41, 5.74) is 3.38. The monoisotopic (exact) mass is 444 g/mol. The summed E-state index contributed by atoms with van der Waals surface area (Å²) in [6.45, 7) is 0.298. The maximum absolute atomic E-state index is 13.3. The van der Waals surface area contributed by atoms with E-state index in [-0.39, 0.29) is 5.91 Å². The van der Waals surface area contributed by atoms with E-state index in [0.29, 0.717) is 27.5 Å². The Bertz CT molecular complexity index is 1300. The van der Waals surface area contributed by atoms with Crippen molar-refractivity contribution in [2.24, 2.45) is 4.99 Å². The lowest BCUT2D eigenvalue weighted by Gasteiger charge is -2.13. The van der Waals surface area contributed by atoms with Crippen LogP contribution in [0.2, 0.25) is 5.02 Å². The third-order valence-corrected chi connectivity index (χ3v) is 6.16. The molecule has 1 amide bonds. The van der Waals surface area contributed by atoms with Gasteiger partial charge < -0.3 is 4.98 Å². The number of hydrogen-bond donors (Lipinski definition) is 1. The van der Waals surface area contributed by atoms with Gasteiger partial charge in [0.25, 0.3) is 5.91 Å². The van der Waals surface area contributed by atoms with Crippen LogP contribution in [0.4, 0.5) is 5.69 Å². The molecule has 0 unspecified atom stereocenters. The van der Waals surface area contributed by atoms with Crippen LogP contribution in [0.1, 0.15) is 11.4 Å². The molecule has 1 saturated heterocycles. The minimum Gasteiger partial charge on any atom is -0.340 e. The smallest absolute Gasteiger partial charge is 0.267 e. The van der Waals surface area contributed by atoms with Gasteiger partial charge in [0.15, 0.2) is 5.17 Å². The first-order valence-corrected chi connectivity index (χ1v) is 10.9. The van der Waals surface area contributed by atoms with Gasteiger partial charge in [0.1, 0.15) is 5.82 Å². The molecule has 1 fully saturated rings. The Labute approximate surface area is 188 Å². The molecule has 7 heteroatoms. The highest BCUT2D eigenvalue weighted by molar-refractivity contribution is 8.18. The Kier molecular flexibility index (Phi) is 5.32. The van der Waals surface area contributed by atoms with Crippen molar-refractivity contribution < 1.29 is 4.79 Å². The summed E-state index contributed by atoms with van der Waals surface area (Å²) in [7, 11) is 0. The summed E-state index contributed by atoms with van der Waals surface area (Å²) in [6.07, 6.45) is 1.81. The van der Waals surface area contributed by atoms with Crippen LogP contribution in [0.3, 0.4) is 0 Å². The maximum atomic E-state index is 13.3. The molecule has 0 atom stereocenters. The first-order valence-electron chi connectivity index (χ1n) is 9.71. The van der Waals surface area contributed by atoms with Crippen molar-refractivity contribution in [3.05, 3.63) is 100 Å². The van der Waals surface area contributed by atoms with E-state index in [2.05, 4.69) is 9.97 Å². The number of nitrogens with one attached hydrogen (secondary N) is 1. The minimum atomic E-state index is -0.125. The van der Waals surface area contributed by atoms with E-state index in [0.717, 1.165) is 22.3 Å². The van der Waals surface area contributed by atoms with Crippen LogP contribution in [-0.2, 0) is 11.3 Å². The Morgan fingerprint density at radius 2 is 1.74 bits per heavy atom. The quantitative estimate of drug-likeness (QED) is 0.391. The molecule has 0 saturated carbocycles. The van der Waals surface area contributed by atoms with Crippen molar-refractivity contribution >= 4 is 57.2 Å². The number of rotatable bonds is 4. The predicted molar refractivity (Wildman–Crippen MR) is 127 cm³/mol. The molecule has 4 aromatic rings. The van der Waals surface area contributed by atoms with E-state index in [1.165, 1.54) is 11.8 Å². The number of aromatic nitrogens is 2. The Hall–Kier alpha value is -3.35. The molecule has 1 aliphatic rings. The van der Waals surface area contributed by atoms with Crippen LogP contribution in [0.25, 0.3) is 17.1 Å². The van der Waals surface area contributed by atoms with E-state index in [1.54, 1.807) is 4.90 Å². The average molecular weight is 445 g/mol. The van der Waals surface area contributed by atoms with E-state index < -0.39 is 0 Å². The van der Waals surface area contributed by atoms with Crippen molar-refractivity contribution in [1.29, 1.82) is 0 Å². The fourth-order valence-electron chi connectivity index (χ4n) is 3.31. The fraction of sp³-hybridized carbons (Fsp3) is 0.0417. The largest absolute Gasteiger partial charge is 0.340 e. The van der Waals surface area contributed by atoms with Crippen LogP contribution >= 0.6 is 23.4 Å². The van der Waals surface area contributed by atoms with Crippen LogP contribution in [0, 0.1) is 0 Å². The summed E-state index contributed by atoms with van der Waals surface area (Å²) in [4.78, 5) is 28.2.